The summed E-state index contributed by atoms with van der Waals surface area (Å²) in [7, 11) is 1.70. The number of amides is 3. The third-order valence-corrected chi connectivity index (χ3v) is 7.61. The molecular weight excluding hydrogens is 603 g/mol. The fourth-order valence-corrected chi connectivity index (χ4v) is 5.28. The minimum Gasteiger partial charge on any atom is -0.343 e. The van der Waals surface area contributed by atoms with Gasteiger partial charge in [-0.05, 0) is 57.2 Å². The zero-order chi connectivity index (χ0) is 32.9. The number of rotatable bonds is 13. The summed E-state index contributed by atoms with van der Waals surface area (Å²) in [5.74, 6) is -0.406. The Bertz CT molecular complexity index is 1250. The summed E-state index contributed by atoms with van der Waals surface area (Å²) < 4.78 is 0. The number of carbonyl (C=O) groups excluding carboxylic acids is 3. The fraction of sp³-hybridized carbons (Fsp3) is 0.400. The topological polar surface area (TPSA) is 108 Å². The SMILES string of the molecule is CNCC(=O)N[C@@H](CCc1ccccc1)C(=O)N1CCCC1CN(CCc1ccccc1)C(=O)CN.Cc1ccccc1.SS. The second-order valence-corrected chi connectivity index (χ2v) is 10.9. The van der Waals surface area contributed by atoms with Crippen molar-refractivity contribution < 1.29 is 14.4 Å². The summed E-state index contributed by atoms with van der Waals surface area (Å²) in [5, 5.41) is 5.77. The number of nitrogens with two attached hydrogens (primary N) is 1. The molecule has 244 valence electrons. The summed E-state index contributed by atoms with van der Waals surface area (Å²) in [6.45, 7) is 3.79. The zero-order valence-corrected chi connectivity index (χ0v) is 28.3. The standard InChI is InChI=1S/C28H39N5O3.C7H8.H2S2/c1-30-20-26(34)31-25(15-14-22-9-4-2-5-10-22)28(36)33-17-8-13-24(33)21-32(27(35)19-29)18-16-23-11-6-3-7-12-23;1-7-5-3-2-4-6-7;1-2/h2-7,9-12,24-25,30H,8,13-21,29H2,1H3,(H,31,34);2-6H,1H3;1-2H/t24?,25-;;/m0../s1. The molecule has 1 aliphatic heterocycles. The van der Waals surface area contributed by atoms with Crippen molar-refractivity contribution in [2.24, 2.45) is 5.73 Å². The maximum absolute atomic E-state index is 13.7. The van der Waals surface area contributed by atoms with E-state index in [-0.39, 0.29) is 36.9 Å². The summed E-state index contributed by atoms with van der Waals surface area (Å²) in [5.41, 5.74) is 9.31. The van der Waals surface area contributed by atoms with Gasteiger partial charge in [0.2, 0.25) is 17.7 Å². The van der Waals surface area contributed by atoms with Gasteiger partial charge < -0.3 is 26.2 Å². The van der Waals surface area contributed by atoms with Gasteiger partial charge in [-0.3, -0.25) is 14.4 Å². The molecule has 10 heteroatoms. The maximum atomic E-state index is 13.7. The van der Waals surface area contributed by atoms with Gasteiger partial charge in [-0.25, -0.2) is 0 Å². The number of thiol groups is 2. The molecule has 8 nitrogen and oxygen atoms in total. The van der Waals surface area contributed by atoms with Gasteiger partial charge in [-0.15, -0.1) is 23.3 Å². The normalized spacial score (nSPS) is 14.2. The van der Waals surface area contributed by atoms with Crippen LogP contribution in [0.4, 0.5) is 0 Å². The number of hydrogen-bond acceptors (Lipinski definition) is 7. The summed E-state index contributed by atoms with van der Waals surface area (Å²) in [6.07, 6.45) is 3.62. The van der Waals surface area contributed by atoms with E-state index >= 15 is 0 Å². The number of aryl methyl sites for hydroxylation is 2. The Morgan fingerprint density at radius 3 is 1.98 bits per heavy atom. The van der Waals surface area contributed by atoms with Crippen molar-refractivity contribution in [2.45, 2.75) is 51.1 Å². The van der Waals surface area contributed by atoms with Crippen LogP contribution in [0.2, 0.25) is 0 Å². The first-order chi connectivity index (χ1) is 21.9. The molecule has 0 spiro atoms. The van der Waals surface area contributed by atoms with E-state index in [0.29, 0.717) is 32.5 Å². The number of likely N-dealkylation sites (tertiary alicyclic amines) is 1. The van der Waals surface area contributed by atoms with Crippen LogP contribution in [0.15, 0.2) is 91.0 Å². The number of carbonyl (C=O) groups is 3. The lowest BCUT2D eigenvalue weighted by Crippen LogP contribution is -2.54. The van der Waals surface area contributed by atoms with Crippen molar-refractivity contribution in [3.05, 3.63) is 108 Å². The van der Waals surface area contributed by atoms with Crippen molar-refractivity contribution in [2.75, 3.05) is 39.8 Å². The van der Waals surface area contributed by atoms with E-state index in [1.54, 1.807) is 11.9 Å². The van der Waals surface area contributed by atoms with Crippen molar-refractivity contribution in [3.63, 3.8) is 0 Å². The molecule has 1 saturated heterocycles. The quantitative estimate of drug-likeness (QED) is 0.141. The third-order valence-electron chi connectivity index (χ3n) is 7.61. The number of benzene rings is 3. The molecule has 0 bridgehead atoms. The first-order valence-corrected chi connectivity index (χ1v) is 17.0. The van der Waals surface area contributed by atoms with Gasteiger partial charge in [0.25, 0.3) is 0 Å². The van der Waals surface area contributed by atoms with E-state index in [9.17, 15) is 14.4 Å². The molecule has 1 heterocycles. The molecule has 3 aromatic rings. The van der Waals surface area contributed by atoms with Gasteiger partial charge >= 0.3 is 0 Å². The number of likely N-dealkylation sites (N-methyl/N-ethyl adjacent to an activating group) is 1. The van der Waals surface area contributed by atoms with Crippen LogP contribution in [-0.2, 0) is 27.2 Å². The van der Waals surface area contributed by atoms with E-state index in [0.717, 1.165) is 30.4 Å². The van der Waals surface area contributed by atoms with Crippen LogP contribution in [0.1, 0.15) is 36.0 Å². The van der Waals surface area contributed by atoms with Crippen LogP contribution in [0, 0.1) is 6.92 Å². The molecule has 0 radical (unpaired) electrons. The number of hydrogen-bond donors (Lipinski definition) is 5. The molecule has 45 heavy (non-hydrogen) atoms. The van der Waals surface area contributed by atoms with Gasteiger partial charge in [0, 0.05) is 25.7 Å². The number of nitrogens with zero attached hydrogens (tertiary/aromatic N) is 2. The molecule has 4 rings (SSSR count). The molecule has 1 fully saturated rings. The van der Waals surface area contributed by atoms with Crippen molar-refractivity contribution in [1.29, 1.82) is 0 Å². The Morgan fingerprint density at radius 1 is 0.911 bits per heavy atom. The van der Waals surface area contributed by atoms with Crippen LogP contribution >= 0.6 is 23.3 Å². The molecule has 2 atom stereocenters. The van der Waals surface area contributed by atoms with Crippen LogP contribution < -0.4 is 16.4 Å². The molecular formula is C35H49N5O3S2. The molecule has 3 amide bonds. The molecule has 3 aromatic carbocycles. The largest absolute Gasteiger partial charge is 0.343 e. The molecule has 0 saturated carbocycles. The molecule has 4 N–H and O–H groups in total. The van der Waals surface area contributed by atoms with E-state index in [2.05, 4.69) is 53.0 Å². The fourth-order valence-electron chi connectivity index (χ4n) is 5.28. The second kappa shape index (κ2) is 22.2. The summed E-state index contributed by atoms with van der Waals surface area (Å²) in [4.78, 5) is 42.3. The Hall–Kier alpha value is -3.31. The van der Waals surface area contributed by atoms with E-state index in [1.165, 1.54) is 5.56 Å². The summed E-state index contributed by atoms with van der Waals surface area (Å²) in [6, 6.07) is 29.5. The van der Waals surface area contributed by atoms with Crippen LogP contribution in [-0.4, -0.2) is 79.4 Å². The highest BCUT2D eigenvalue weighted by Gasteiger charge is 2.35. The smallest absolute Gasteiger partial charge is 0.245 e. The highest BCUT2D eigenvalue weighted by atomic mass is 33.1. The Morgan fingerprint density at radius 2 is 1.47 bits per heavy atom. The predicted molar refractivity (Wildman–Crippen MR) is 190 cm³/mol. The van der Waals surface area contributed by atoms with Gasteiger partial charge in [-0.2, -0.15) is 0 Å². The maximum Gasteiger partial charge on any atom is 0.245 e. The Kier molecular flexibility index (Phi) is 18.7. The van der Waals surface area contributed by atoms with E-state index < -0.39 is 6.04 Å². The monoisotopic (exact) mass is 651 g/mol. The highest BCUT2D eigenvalue weighted by Crippen LogP contribution is 2.21. The third kappa shape index (κ3) is 14.1. The molecule has 1 aliphatic rings. The summed E-state index contributed by atoms with van der Waals surface area (Å²) >= 11 is 6.44. The second-order valence-electron chi connectivity index (χ2n) is 10.9. The average Bonchev–Trinajstić information content (AvgIpc) is 3.55. The van der Waals surface area contributed by atoms with Gasteiger partial charge in [0.15, 0.2) is 0 Å². The van der Waals surface area contributed by atoms with Crippen molar-refractivity contribution in [1.82, 2.24) is 20.4 Å². The predicted octanol–water partition coefficient (Wildman–Crippen LogP) is 4.10. The Balaban J connectivity index is 0.000000679. The zero-order valence-electron chi connectivity index (χ0n) is 26.5. The van der Waals surface area contributed by atoms with Crippen molar-refractivity contribution >= 4 is 41.0 Å². The molecule has 0 aromatic heterocycles. The Labute approximate surface area is 279 Å². The molecule has 0 aliphatic carbocycles. The van der Waals surface area contributed by atoms with Gasteiger partial charge in [-0.1, -0.05) is 96.6 Å². The average molecular weight is 652 g/mol. The first kappa shape index (κ1) is 37.9. The highest BCUT2D eigenvalue weighted by molar-refractivity contribution is 8.59. The minimum absolute atomic E-state index is 0.0603. The van der Waals surface area contributed by atoms with Crippen LogP contribution in [0.25, 0.3) is 0 Å². The first-order valence-electron chi connectivity index (χ1n) is 15.4. The molecule has 1 unspecified atom stereocenters. The number of nitrogens with one attached hydrogen (secondary N) is 2. The van der Waals surface area contributed by atoms with Crippen LogP contribution in [0.5, 0.6) is 0 Å². The van der Waals surface area contributed by atoms with Gasteiger partial charge in [0.1, 0.15) is 6.04 Å². The lowest BCUT2D eigenvalue weighted by molar-refractivity contribution is -0.139. The van der Waals surface area contributed by atoms with E-state index in [4.69, 9.17) is 5.73 Å². The van der Waals surface area contributed by atoms with Gasteiger partial charge in [0.05, 0.1) is 13.1 Å². The lowest BCUT2D eigenvalue weighted by Gasteiger charge is -2.33. The van der Waals surface area contributed by atoms with Crippen molar-refractivity contribution in [3.8, 4) is 0 Å². The van der Waals surface area contributed by atoms with Crippen LogP contribution in [0.3, 0.4) is 0 Å². The minimum atomic E-state index is -0.616. The lowest BCUT2D eigenvalue weighted by atomic mass is 10.0. The van der Waals surface area contributed by atoms with E-state index in [1.807, 2.05) is 83.8 Å².